The van der Waals surface area contributed by atoms with E-state index in [1.165, 1.54) is 39.8 Å². The topological polar surface area (TPSA) is 141 Å². The molecular weight excluding hydrogens is 424 g/mol. The van der Waals surface area contributed by atoms with Crippen molar-refractivity contribution in [2.24, 2.45) is 0 Å². The molecule has 2 atom stereocenters. The van der Waals surface area contributed by atoms with E-state index in [0.29, 0.717) is 22.2 Å². The van der Waals surface area contributed by atoms with E-state index in [0.717, 1.165) is 4.88 Å². The number of aromatic amines is 1. The second-order valence-electron chi connectivity index (χ2n) is 5.96. The first-order chi connectivity index (χ1) is 13.5. The van der Waals surface area contributed by atoms with Crippen molar-refractivity contribution in [3.63, 3.8) is 0 Å². The van der Waals surface area contributed by atoms with Gasteiger partial charge in [-0.3, -0.25) is 14.5 Å². The van der Waals surface area contributed by atoms with Gasteiger partial charge in [-0.05, 0) is 27.4 Å². The number of β-lactam (4-membered cyclic amide) rings is 1. The third-order valence-electron chi connectivity index (χ3n) is 4.19. The smallest absolute Gasteiger partial charge is 0.352 e. The largest absolute Gasteiger partial charge is 0.477 e. The van der Waals surface area contributed by atoms with Gasteiger partial charge in [0.1, 0.15) is 17.1 Å². The molecule has 28 heavy (non-hydrogen) atoms. The third kappa shape index (κ3) is 3.64. The number of tetrazole rings is 1. The highest BCUT2D eigenvalue weighted by atomic mass is 32.2. The van der Waals surface area contributed by atoms with Crippen LogP contribution in [0.3, 0.4) is 0 Å². The number of carboxylic acids is 1. The maximum Gasteiger partial charge on any atom is 0.352 e. The van der Waals surface area contributed by atoms with Crippen LogP contribution in [-0.4, -0.2) is 71.3 Å². The van der Waals surface area contributed by atoms with Gasteiger partial charge in [-0.2, -0.15) is 0 Å². The molecule has 2 amide bonds. The average molecular weight is 439 g/mol. The Morgan fingerprint density at radius 3 is 3.00 bits per heavy atom. The summed E-state index contributed by atoms with van der Waals surface area (Å²) in [5.74, 6) is -1.02. The lowest BCUT2D eigenvalue weighted by Gasteiger charge is -2.49. The fraction of sp³-hybridized carbons (Fsp3) is 0.333. The quantitative estimate of drug-likeness (QED) is 0.412. The number of H-pyrrole nitrogens is 1. The minimum Gasteiger partial charge on any atom is -0.477 e. The summed E-state index contributed by atoms with van der Waals surface area (Å²) in [4.78, 5) is 38.8. The number of amides is 2. The number of hydrogen-bond acceptors (Lipinski definition) is 9. The van der Waals surface area contributed by atoms with Crippen LogP contribution in [0, 0.1) is 0 Å². The van der Waals surface area contributed by atoms with Crippen molar-refractivity contribution >= 4 is 52.6 Å². The van der Waals surface area contributed by atoms with E-state index >= 15 is 0 Å². The average Bonchev–Trinajstić information content (AvgIpc) is 3.37. The molecule has 3 N–H and O–H groups in total. The lowest BCUT2D eigenvalue weighted by Crippen LogP contribution is -2.70. The zero-order chi connectivity index (χ0) is 19.7. The number of nitrogens with one attached hydrogen (secondary N) is 2. The predicted molar refractivity (Wildman–Crippen MR) is 103 cm³/mol. The molecule has 1 fully saturated rings. The van der Waals surface area contributed by atoms with E-state index in [2.05, 4.69) is 25.9 Å². The van der Waals surface area contributed by atoms with Gasteiger partial charge < -0.3 is 10.4 Å². The maximum atomic E-state index is 12.6. The van der Waals surface area contributed by atoms with Crippen molar-refractivity contribution in [1.82, 2.24) is 30.8 Å². The van der Waals surface area contributed by atoms with Crippen molar-refractivity contribution in [2.75, 3.05) is 11.5 Å². The third-order valence-corrected chi connectivity index (χ3v) is 7.35. The van der Waals surface area contributed by atoms with E-state index in [4.69, 9.17) is 0 Å². The molecule has 146 valence electrons. The van der Waals surface area contributed by atoms with Crippen LogP contribution >= 0.6 is 34.9 Å². The summed E-state index contributed by atoms with van der Waals surface area (Å²) in [6.07, 6.45) is 0.202. The van der Waals surface area contributed by atoms with Crippen LogP contribution in [0.25, 0.3) is 0 Å². The molecule has 2 aliphatic heterocycles. The van der Waals surface area contributed by atoms with E-state index in [9.17, 15) is 19.5 Å². The lowest BCUT2D eigenvalue weighted by molar-refractivity contribution is -0.150. The van der Waals surface area contributed by atoms with Crippen LogP contribution < -0.4 is 5.32 Å². The zero-order valence-electron chi connectivity index (χ0n) is 14.2. The predicted octanol–water partition coefficient (Wildman–Crippen LogP) is 0.335. The Kier molecular flexibility index (Phi) is 5.37. The zero-order valence-corrected chi connectivity index (χ0v) is 16.6. The van der Waals surface area contributed by atoms with Gasteiger partial charge in [-0.1, -0.05) is 17.8 Å². The summed E-state index contributed by atoms with van der Waals surface area (Å²) in [7, 11) is 0. The summed E-state index contributed by atoms with van der Waals surface area (Å²) in [5.41, 5.74) is 0.601. The number of thioether (sulfide) groups is 2. The van der Waals surface area contributed by atoms with Gasteiger partial charge in [0.2, 0.25) is 11.1 Å². The van der Waals surface area contributed by atoms with Gasteiger partial charge in [0.25, 0.3) is 5.91 Å². The van der Waals surface area contributed by atoms with Crippen molar-refractivity contribution in [3.8, 4) is 0 Å². The number of carboxylic acid groups (broad SMARTS) is 1. The molecular formula is C15H14N6O4S3. The summed E-state index contributed by atoms with van der Waals surface area (Å²) >= 11 is 4.17. The number of carbonyl (C=O) groups excluding carboxylic acids is 2. The van der Waals surface area contributed by atoms with Crippen LogP contribution in [0.1, 0.15) is 4.88 Å². The maximum absolute atomic E-state index is 12.6. The molecule has 4 heterocycles. The Bertz CT molecular complexity index is 930. The van der Waals surface area contributed by atoms with Crippen molar-refractivity contribution in [3.05, 3.63) is 33.7 Å². The molecule has 0 aliphatic carbocycles. The summed E-state index contributed by atoms with van der Waals surface area (Å²) in [5, 5.41) is 27.6. The van der Waals surface area contributed by atoms with Gasteiger partial charge in [0, 0.05) is 16.4 Å². The van der Waals surface area contributed by atoms with Crippen LogP contribution in [0.2, 0.25) is 0 Å². The number of aromatic nitrogens is 4. The highest BCUT2D eigenvalue weighted by molar-refractivity contribution is 8.01. The minimum absolute atomic E-state index is 0.0162. The van der Waals surface area contributed by atoms with E-state index in [1.807, 2.05) is 17.5 Å². The molecule has 2 aromatic heterocycles. The Morgan fingerprint density at radius 1 is 1.46 bits per heavy atom. The fourth-order valence-electron chi connectivity index (χ4n) is 2.96. The molecule has 4 rings (SSSR count). The lowest BCUT2D eigenvalue weighted by atomic mass is 10.0. The van der Waals surface area contributed by atoms with E-state index in [1.54, 1.807) is 0 Å². The van der Waals surface area contributed by atoms with Gasteiger partial charge in [-0.15, -0.1) is 28.2 Å². The Morgan fingerprint density at radius 2 is 2.32 bits per heavy atom. The normalized spacial score (nSPS) is 21.3. The molecule has 0 aromatic carbocycles. The number of nitrogens with zero attached hydrogens (tertiary/aromatic N) is 4. The number of hydrogen-bond donors (Lipinski definition) is 3. The molecule has 1 unspecified atom stereocenters. The second-order valence-corrected chi connectivity index (χ2v) is 9.06. The molecule has 0 spiro atoms. The molecule has 2 aromatic rings. The van der Waals surface area contributed by atoms with Crippen molar-refractivity contribution < 1.29 is 19.5 Å². The van der Waals surface area contributed by atoms with Crippen molar-refractivity contribution in [2.45, 2.75) is 23.0 Å². The van der Waals surface area contributed by atoms with Gasteiger partial charge in [0.15, 0.2) is 0 Å². The highest BCUT2D eigenvalue weighted by Crippen LogP contribution is 2.41. The second kappa shape index (κ2) is 7.93. The number of thiophene rings is 1. The number of fused-ring (bicyclic) bond motifs is 1. The van der Waals surface area contributed by atoms with Crippen LogP contribution in [-0.2, 0) is 20.8 Å². The molecule has 13 heteroatoms. The van der Waals surface area contributed by atoms with Gasteiger partial charge in [-0.25, -0.2) is 9.89 Å². The molecule has 1 saturated heterocycles. The number of carbonyl (C=O) groups is 3. The summed E-state index contributed by atoms with van der Waals surface area (Å²) in [6.45, 7) is 0. The monoisotopic (exact) mass is 438 g/mol. The molecule has 0 saturated carbocycles. The van der Waals surface area contributed by atoms with Gasteiger partial charge >= 0.3 is 5.97 Å². The van der Waals surface area contributed by atoms with Crippen LogP contribution in [0.15, 0.2) is 33.9 Å². The molecule has 10 nitrogen and oxygen atoms in total. The minimum atomic E-state index is -1.16. The first kappa shape index (κ1) is 19.0. The molecule has 2 aliphatic rings. The van der Waals surface area contributed by atoms with E-state index in [-0.39, 0.29) is 18.0 Å². The van der Waals surface area contributed by atoms with Crippen LogP contribution in [0.5, 0.6) is 0 Å². The van der Waals surface area contributed by atoms with Gasteiger partial charge in [0.05, 0.1) is 6.42 Å². The first-order valence-electron chi connectivity index (χ1n) is 8.13. The standard InChI is InChI=1S/C15H14N6O4S3/c22-9(4-8-2-1-3-26-8)16-10-12(23)21-11(14(24)25)7(5-27-13(10)21)6-28-15-17-19-20-18-15/h1-3,10,13H,4-6H2,(H,16,22)(H,24,25)(H,17,18,19,20)/t10?,13-/m1/s1. The number of rotatable bonds is 7. The Hall–Kier alpha value is -2.38. The van der Waals surface area contributed by atoms with Crippen LogP contribution in [0.4, 0.5) is 0 Å². The molecule has 0 bridgehead atoms. The summed E-state index contributed by atoms with van der Waals surface area (Å²) < 4.78 is 0. The Balaban J connectivity index is 1.44. The SMILES string of the molecule is O=C(Cc1cccs1)NC1C(=O)N2C(C(=O)O)=C(CSc3nnn[nH]3)CS[C@H]12. The van der Waals surface area contributed by atoms with E-state index < -0.39 is 23.3 Å². The molecule has 0 radical (unpaired) electrons. The highest BCUT2D eigenvalue weighted by Gasteiger charge is 2.54. The number of aliphatic carboxylic acids is 1. The summed E-state index contributed by atoms with van der Waals surface area (Å²) in [6, 6.07) is 3.01. The fourth-order valence-corrected chi connectivity index (χ4v) is 5.89. The van der Waals surface area contributed by atoms with Crippen molar-refractivity contribution in [1.29, 1.82) is 0 Å². The first-order valence-corrected chi connectivity index (χ1v) is 11.0. The Labute approximate surface area is 171 Å².